The molecule has 3 heteroatoms. The smallest absolute Gasteiger partial charge is 0.127 e. The Labute approximate surface area is 90.1 Å². The molecule has 0 fully saturated rings. The van der Waals surface area contributed by atoms with Gasteiger partial charge in [-0.2, -0.15) is 0 Å². The van der Waals surface area contributed by atoms with E-state index in [1.807, 2.05) is 6.07 Å². The van der Waals surface area contributed by atoms with Gasteiger partial charge in [0.25, 0.3) is 0 Å². The summed E-state index contributed by atoms with van der Waals surface area (Å²) in [5.41, 5.74) is 1.15. The van der Waals surface area contributed by atoms with Gasteiger partial charge in [0.1, 0.15) is 18.1 Å². The number of nitrogens with one attached hydrogen (secondary N) is 1. The van der Waals surface area contributed by atoms with Crippen molar-refractivity contribution in [1.82, 2.24) is 5.32 Å². The molecule has 1 aliphatic rings. The monoisotopic (exact) mass is 207 g/mol. The molecule has 1 aliphatic heterocycles. The zero-order chi connectivity index (χ0) is 10.8. The molecule has 0 radical (unpaired) electrons. The Hall–Kier alpha value is -1.22. The van der Waals surface area contributed by atoms with Crippen LogP contribution in [0.3, 0.4) is 0 Å². The van der Waals surface area contributed by atoms with Crippen molar-refractivity contribution >= 4 is 0 Å². The predicted octanol–water partition coefficient (Wildman–Crippen LogP) is 2.21. The Morgan fingerprint density at radius 2 is 2.40 bits per heavy atom. The number of phenols is 1. The first-order chi connectivity index (χ1) is 7.20. The van der Waals surface area contributed by atoms with Gasteiger partial charge in [-0.25, -0.2) is 0 Å². The normalized spacial score (nSPS) is 20.8. The van der Waals surface area contributed by atoms with E-state index in [4.69, 9.17) is 4.74 Å². The molecule has 0 aliphatic carbocycles. The van der Waals surface area contributed by atoms with Crippen molar-refractivity contribution < 1.29 is 9.84 Å². The summed E-state index contributed by atoms with van der Waals surface area (Å²) in [5.74, 6) is 1.06. The van der Waals surface area contributed by atoms with Gasteiger partial charge < -0.3 is 15.2 Å². The van der Waals surface area contributed by atoms with Crippen LogP contribution in [-0.4, -0.2) is 17.8 Å². The lowest BCUT2D eigenvalue weighted by atomic mass is 10.1. The van der Waals surface area contributed by atoms with Gasteiger partial charge in [0.15, 0.2) is 0 Å². The van der Waals surface area contributed by atoms with E-state index in [0.717, 1.165) is 17.7 Å². The molecule has 3 nitrogen and oxygen atoms in total. The molecule has 2 unspecified atom stereocenters. The Morgan fingerprint density at radius 1 is 1.60 bits per heavy atom. The summed E-state index contributed by atoms with van der Waals surface area (Å²) >= 11 is 0. The van der Waals surface area contributed by atoms with E-state index in [9.17, 15) is 5.11 Å². The van der Waals surface area contributed by atoms with Crippen LogP contribution < -0.4 is 10.1 Å². The van der Waals surface area contributed by atoms with Gasteiger partial charge in [-0.15, -0.1) is 0 Å². The van der Waals surface area contributed by atoms with Crippen LogP contribution in [0.2, 0.25) is 0 Å². The molecular formula is C12H17NO2. The van der Waals surface area contributed by atoms with E-state index in [0.29, 0.717) is 12.6 Å². The first-order valence-corrected chi connectivity index (χ1v) is 5.42. The molecule has 0 bridgehead atoms. The van der Waals surface area contributed by atoms with Crippen LogP contribution in [0.5, 0.6) is 11.5 Å². The van der Waals surface area contributed by atoms with Crippen molar-refractivity contribution in [2.75, 3.05) is 6.61 Å². The maximum atomic E-state index is 9.31. The molecule has 82 valence electrons. The third-order valence-electron chi connectivity index (χ3n) is 2.88. The second-order valence-corrected chi connectivity index (χ2v) is 4.06. The highest BCUT2D eigenvalue weighted by Gasteiger charge is 2.24. The van der Waals surface area contributed by atoms with Crippen molar-refractivity contribution in [3.63, 3.8) is 0 Å². The van der Waals surface area contributed by atoms with E-state index < -0.39 is 0 Å². The van der Waals surface area contributed by atoms with Crippen LogP contribution in [0, 0.1) is 0 Å². The summed E-state index contributed by atoms with van der Waals surface area (Å²) in [6.07, 6.45) is 1.10. The van der Waals surface area contributed by atoms with Crippen molar-refractivity contribution in [3.05, 3.63) is 23.8 Å². The molecule has 1 aromatic rings. The summed E-state index contributed by atoms with van der Waals surface area (Å²) in [6.45, 7) is 4.98. The van der Waals surface area contributed by atoms with Crippen LogP contribution in [-0.2, 0) is 0 Å². The van der Waals surface area contributed by atoms with E-state index >= 15 is 0 Å². The minimum Gasteiger partial charge on any atom is -0.508 e. The molecule has 0 amide bonds. The van der Waals surface area contributed by atoms with E-state index in [-0.39, 0.29) is 11.8 Å². The zero-order valence-electron chi connectivity index (χ0n) is 9.16. The first-order valence-electron chi connectivity index (χ1n) is 5.42. The minimum absolute atomic E-state index is 0.260. The Balaban J connectivity index is 2.14. The number of fused-ring (bicyclic) bond motifs is 1. The van der Waals surface area contributed by atoms with Gasteiger partial charge in [-0.3, -0.25) is 0 Å². The van der Waals surface area contributed by atoms with Crippen molar-refractivity contribution in [2.24, 2.45) is 0 Å². The van der Waals surface area contributed by atoms with Gasteiger partial charge in [0.05, 0.1) is 6.04 Å². The van der Waals surface area contributed by atoms with Gasteiger partial charge in [0, 0.05) is 17.7 Å². The number of benzene rings is 1. The number of phenolic OH excluding ortho intramolecular Hbond substituents is 1. The lowest BCUT2D eigenvalue weighted by Crippen LogP contribution is -2.30. The Morgan fingerprint density at radius 3 is 3.13 bits per heavy atom. The lowest BCUT2D eigenvalue weighted by molar-refractivity contribution is 0.298. The Bertz CT molecular complexity index is 351. The molecule has 0 saturated carbocycles. The fourth-order valence-electron chi connectivity index (χ4n) is 1.80. The van der Waals surface area contributed by atoms with Gasteiger partial charge in [-0.1, -0.05) is 6.92 Å². The average molecular weight is 207 g/mol. The maximum absolute atomic E-state index is 9.31. The number of ether oxygens (including phenoxy) is 1. The number of aromatic hydroxyl groups is 1. The van der Waals surface area contributed by atoms with Crippen LogP contribution in [0.15, 0.2) is 18.2 Å². The standard InChI is InChI=1S/C12H17NO2/c1-3-8(2)13-11-7-15-12-6-9(14)4-5-10(11)12/h4-6,8,11,13-14H,3,7H2,1-2H3. The minimum atomic E-state index is 0.260. The third kappa shape index (κ3) is 2.07. The topological polar surface area (TPSA) is 41.5 Å². The summed E-state index contributed by atoms with van der Waals surface area (Å²) < 4.78 is 5.51. The van der Waals surface area contributed by atoms with Crippen molar-refractivity contribution in [2.45, 2.75) is 32.4 Å². The highest BCUT2D eigenvalue weighted by atomic mass is 16.5. The van der Waals surface area contributed by atoms with Crippen LogP contribution >= 0.6 is 0 Å². The summed E-state index contributed by atoms with van der Waals surface area (Å²) in [7, 11) is 0. The van der Waals surface area contributed by atoms with Gasteiger partial charge in [0.2, 0.25) is 0 Å². The van der Waals surface area contributed by atoms with E-state index in [1.165, 1.54) is 0 Å². The summed E-state index contributed by atoms with van der Waals surface area (Å²) in [6, 6.07) is 6.05. The maximum Gasteiger partial charge on any atom is 0.127 e. The highest BCUT2D eigenvalue weighted by Crippen LogP contribution is 2.35. The van der Waals surface area contributed by atoms with E-state index in [2.05, 4.69) is 19.2 Å². The summed E-state index contributed by atoms with van der Waals surface area (Å²) in [4.78, 5) is 0. The fourth-order valence-corrected chi connectivity index (χ4v) is 1.80. The molecule has 15 heavy (non-hydrogen) atoms. The molecule has 0 spiro atoms. The average Bonchev–Trinajstić information content (AvgIpc) is 2.60. The van der Waals surface area contributed by atoms with Crippen molar-refractivity contribution in [3.8, 4) is 11.5 Å². The molecule has 1 aromatic carbocycles. The van der Waals surface area contributed by atoms with Crippen LogP contribution in [0.4, 0.5) is 0 Å². The quantitative estimate of drug-likeness (QED) is 0.798. The number of hydrogen-bond donors (Lipinski definition) is 2. The third-order valence-corrected chi connectivity index (χ3v) is 2.88. The zero-order valence-corrected chi connectivity index (χ0v) is 9.16. The van der Waals surface area contributed by atoms with E-state index in [1.54, 1.807) is 12.1 Å². The SMILES string of the molecule is CCC(C)NC1COc2cc(O)ccc21. The second-order valence-electron chi connectivity index (χ2n) is 4.06. The first kappa shape index (κ1) is 10.3. The molecular weight excluding hydrogens is 190 g/mol. The summed E-state index contributed by atoms with van der Waals surface area (Å²) in [5, 5.41) is 12.8. The van der Waals surface area contributed by atoms with Gasteiger partial charge in [-0.05, 0) is 25.5 Å². The second kappa shape index (κ2) is 4.11. The van der Waals surface area contributed by atoms with Crippen LogP contribution in [0.1, 0.15) is 31.9 Å². The van der Waals surface area contributed by atoms with Gasteiger partial charge >= 0.3 is 0 Å². The molecule has 2 N–H and O–H groups in total. The largest absolute Gasteiger partial charge is 0.508 e. The lowest BCUT2D eigenvalue weighted by Gasteiger charge is -2.16. The number of hydrogen-bond acceptors (Lipinski definition) is 3. The molecule has 2 atom stereocenters. The molecule has 2 rings (SSSR count). The fraction of sp³-hybridized carbons (Fsp3) is 0.500. The number of rotatable bonds is 3. The molecule has 0 aromatic heterocycles. The molecule has 1 heterocycles. The predicted molar refractivity (Wildman–Crippen MR) is 59.2 cm³/mol. The van der Waals surface area contributed by atoms with Crippen molar-refractivity contribution in [1.29, 1.82) is 0 Å². The Kier molecular flexibility index (Phi) is 2.82. The van der Waals surface area contributed by atoms with Crippen LogP contribution in [0.25, 0.3) is 0 Å². The highest BCUT2D eigenvalue weighted by molar-refractivity contribution is 5.44. The molecule has 0 saturated heterocycles.